The number of carbonyl (C=O) groups is 1. The minimum atomic E-state index is -0.840. The zero-order valence-electron chi connectivity index (χ0n) is 11.9. The lowest BCUT2D eigenvalue weighted by atomic mass is 10.2. The van der Waals surface area contributed by atoms with Crippen LogP contribution >= 0.6 is 11.3 Å². The number of aliphatic carboxylic acids is 1. The summed E-state index contributed by atoms with van der Waals surface area (Å²) in [6.45, 7) is 6.28. The molecule has 0 unspecified atom stereocenters. The number of rotatable bonds is 5. The van der Waals surface area contributed by atoms with E-state index in [0.717, 1.165) is 21.1 Å². The van der Waals surface area contributed by atoms with Gasteiger partial charge in [0.1, 0.15) is 10.7 Å². The van der Waals surface area contributed by atoms with Gasteiger partial charge in [-0.1, -0.05) is 6.92 Å². The van der Waals surface area contributed by atoms with Crippen LogP contribution < -0.4 is 5.56 Å². The third-order valence-corrected chi connectivity index (χ3v) is 4.56. The van der Waals surface area contributed by atoms with E-state index in [-0.39, 0.29) is 12.0 Å². The Balaban J connectivity index is 2.51. The van der Waals surface area contributed by atoms with Crippen molar-refractivity contribution in [3.05, 3.63) is 26.6 Å². The highest BCUT2D eigenvalue weighted by atomic mass is 32.1. The molecule has 2 rings (SSSR count). The van der Waals surface area contributed by atoms with E-state index < -0.39 is 5.97 Å². The molecule has 5 nitrogen and oxygen atoms in total. The molecule has 0 atom stereocenters. The number of carboxylic acid groups (broad SMARTS) is 1. The average molecular weight is 294 g/mol. The van der Waals surface area contributed by atoms with Crippen LogP contribution in [0.2, 0.25) is 0 Å². The quantitative estimate of drug-likeness (QED) is 0.919. The van der Waals surface area contributed by atoms with Crippen LogP contribution in [-0.4, -0.2) is 20.6 Å². The standard InChI is InChI=1S/C14H18N2O3S/c1-4-10-15-13-12(8(2)9(3)20-13)14(19)16(10)7-5-6-11(17)18/h4-7H2,1-3H3,(H,17,18). The van der Waals surface area contributed by atoms with E-state index in [4.69, 9.17) is 5.11 Å². The number of hydrogen-bond acceptors (Lipinski definition) is 4. The van der Waals surface area contributed by atoms with Crippen LogP contribution in [0.5, 0.6) is 0 Å². The summed E-state index contributed by atoms with van der Waals surface area (Å²) in [5.41, 5.74) is 0.941. The monoisotopic (exact) mass is 294 g/mol. The lowest BCUT2D eigenvalue weighted by molar-refractivity contribution is -0.137. The van der Waals surface area contributed by atoms with E-state index in [1.165, 1.54) is 0 Å². The lowest BCUT2D eigenvalue weighted by Crippen LogP contribution is -2.25. The second-order valence-corrected chi connectivity index (χ2v) is 6.00. The van der Waals surface area contributed by atoms with Gasteiger partial charge in [-0.2, -0.15) is 0 Å². The van der Waals surface area contributed by atoms with Crippen LogP contribution in [0.1, 0.15) is 36.0 Å². The normalized spacial score (nSPS) is 11.2. The van der Waals surface area contributed by atoms with E-state index in [1.54, 1.807) is 15.9 Å². The van der Waals surface area contributed by atoms with Crippen molar-refractivity contribution in [1.82, 2.24) is 9.55 Å². The lowest BCUT2D eigenvalue weighted by Gasteiger charge is -2.10. The van der Waals surface area contributed by atoms with Crippen LogP contribution in [0, 0.1) is 13.8 Å². The summed E-state index contributed by atoms with van der Waals surface area (Å²) in [5, 5.41) is 9.39. The Morgan fingerprint density at radius 3 is 2.70 bits per heavy atom. The van der Waals surface area contributed by atoms with Gasteiger partial charge in [0.25, 0.3) is 5.56 Å². The third kappa shape index (κ3) is 2.60. The van der Waals surface area contributed by atoms with Crippen molar-refractivity contribution in [2.45, 2.75) is 46.6 Å². The Morgan fingerprint density at radius 2 is 2.10 bits per heavy atom. The zero-order chi connectivity index (χ0) is 14.9. The minimum Gasteiger partial charge on any atom is -0.481 e. The van der Waals surface area contributed by atoms with Gasteiger partial charge in [-0.05, 0) is 25.8 Å². The Morgan fingerprint density at radius 1 is 1.40 bits per heavy atom. The first kappa shape index (κ1) is 14.7. The van der Waals surface area contributed by atoms with Crippen molar-refractivity contribution in [3.8, 4) is 0 Å². The maximum absolute atomic E-state index is 12.6. The molecular weight excluding hydrogens is 276 g/mol. The topological polar surface area (TPSA) is 72.2 Å². The molecule has 0 saturated heterocycles. The van der Waals surface area contributed by atoms with Crippen molar-refractivity contribution in [1.29, 1.82) is 0 Å². The molecule has 0 aliphatic heterocycles. The van der Waals surface area contributed by atoms with E-state index in [9.17, 15) is 9.59 Å². The number of fused-ring (bicyclic) bond motifs is 1. The first-order valence-corrected chi connectivity index (χ1v) is 7.48. The van der Waals surface area contributed by atoms with Crippen molar-refractivity contribution in [2.24, 2.45) is 0 Å². The van der Waals surface area contributed by atoms with Crippen molar-refractivity contribution >= 4 is 27.5 Å². The molecule has 0 radical (unpaired) electrons. The molecule has 1 N–H and O–H groups in total. The molecule has 6 heteroatoms. The van der Waals surface area contributed by atoms with Crippen LogP contribution in [0.25, 0.3) is 10.2 Å². The van der Waals surface area contributed by atoms with Crippen LogP contribution in [0.15, 0.2) is 4.79 Å². The van der Waals surface area contributed by atoms with Crippen LogP contribution in [0.3, 0.4) is 0 Å². The number of carboxylic acids is 1. The Hall–Kier alpha value is -1.69. The summed E-state index contributed by atoms with van der Waals surface area (Å²) in [5.74, 6) is -0.109. The number of nitrogens with zero attached hydrogens (tertiary/aromatic N) is 2. The molecule has 0 amide bonds. The Kier molecular flexibility index (Phi) is 4.23. The van der Waals surface area contributed by atoms with Gasteiger partial charge in [-0.3, -0.25) is 14.2 Å². The van der Waals surface area contributed by atoms with Gasteiger partial charge < -0.3 is 5.11 Å². The fraction of sp³-hybridized carbons (Fsp3) is 0.500. The molecule has 0 aliphatic carbocycles. The van der Waals surface area contributed by atoms with E-state index in [0.29, 0.717) is 24.8 Å². The molecular formula is C14H18N2O3S. The van der Waals surface area contributed by atoms with Gasteiger partial charge in [0, 0.05) is 24.3 Å². The molecule has 2 heterocycles. The van der Waals surface area contributed by atoms with E-state index in [2.05, 4.69) is 4.98 Å². The van der Waals surface area contributed by atoms with Gasteiger partial charge in [0.05, 0.1) is 5.39 Å². The van der Waals surface area contributed by atoms with Gasteiger partial charge >= 0.3 is 5.97 Å². The molecule has 0 spiro atoms. The van der Waals surface area contributed by atoms with Gasteiger partial charge in [-0.25, -0.2) is 4.98 Å². The van der Waals surface area contributed by atoms with Crippen LogP contribution in [0.4, 0.5) is 0 Å². The predicted molar refractivity (Wildman–Crippen MR) is 79.6 cm³/mol. The average Bonchev–Trinajstić information content (AvgIpc) is 2.67. The van der Waals surface area contributed by atoms with E-state index >= 15 is 0 Å². The van der Waals surface area contributed by atoms with Gasteiger partial charge in [0.2, 0.25) is 0 Å². The van der Waals surface area contributed by atoms with Crippen LogP contribution in [-0.2, 0) is 17.8 Å². The van der Waals surface area contributed by atoms with Crippen molar-refractivity contribution in [2.75, 3.05) is 0 Å². The summed E-state index contributed by atoms with van der Waals surface area (Å²) < 4.78 is 1.63. The second kappa shape index (κ2) is 5.75. The Labute approximate surface area is 120 Å². The maximum Gasteiger partial charge on any atom is 0.303 e. The summed E-state index contributed by atoms with van der Waals surface area (Å²) in [6.07, 6.45) is 1.17. The molecule has 0 fully saturated rings. The summed E-state index contributed by atoms with van der Waals surface area (Å²) in [6, 6.07) is 0. The highest BCUT2D eigenvalue weighted by Gasteiger charge is 2.15. The molecule has 0 bridgehead atoms. The highest BCUT2D eigenvalue weighted by molar-refractivity contribution is 7.18. The maximum atomic E-state index is 12.6. The summed E-state index contributed by atoms with van der Waals surface area (Å²) >= 11 is 1.54. The van der Waals surface area contributed by atoms with Crippen molar-refractivity contribution in [3.63, 3.8) is 0 Å². The molecule has 2 aromatic heterocycles. The van der Waals surface area contributed by atoms with Gasteiger partial charge in [-0.15, -0.1) is 11.3 Å². The molecule has 108 valence electrons. The Bertz CT molecular complexity index is 715. The fourth-order valence-corrected chi connectivity index (χ4v) is 3.30. The second-order valence-electron chi connectivity index (χ2n) is 4.80. The molecule has 0 aromatic carbocycles. The highest BCUT2D eigenvalue weighted by Crippen LogP contribution is 2.26. The summed E-state index contributed by atoms with van der Waals surface area (Å²) in [7, 11) is 0. The first-order chi connectivity index (χ1) is 9.45. The smallest absolute Gasteiger partial charge is 0.303 e. The third-order valence-electron chi connectivity index (χ3n) is 3.46. The zero-order valence-corrected chi connectivity index (χ0v) is 12.7. The molecule has 0 aliphatic rings. The predicted octanol–water partition coefficient (Wildman–Crippen LogP) is 2.50. The fourth-order valence-electron chi connectivity index (χ4n) is 2.26. The summed E-state index contributed by atoms with van der Waals surface area (Å²) in [4.78, 5) is 29.7. The number of hydrogen-bond donors (Lipinski definition) is 1. The van der Waals surface area contributed by atoms with E-state index in [1.807, 2.05) is 20.8 Å². The first-order valence-electron chi connectivity index (χ1n) is 6.66. The molecule has 20 heavy (non-hydrogen) atoms. The molecule has 2 aromatic rings. The SMILES string of the molecule is CCc1nc2sc(C)c(C)c2c(=O)n1CCCC(=O)O. The van der Waals surface area contributed by atoms with Crippen molar-refractivity contribution < 1.29 is 9.90 Å². The minimum absolute atomic E-state index is 0.0425. The largest absolute Gasteiger partial charge is 0.481 e. The van der Waals surface area contributed by atoms with Gasteiger partial charge in [0.15, 0.2) is 0 Å². The number of thiophene rings is 1. The number of aromatic nitrogens is 2. The number of aryl methyl sites for hydroxylation is 3. The molecule has 0 saturated carbocycles.